The van der Waals surface area contributed by atoms with Crippen molar-refractivity contribution in [2.75, 3.05) is 13.2 Å². The average Bonchev–Trinajstić information content (AvgIpc) is 2.64. The normalized spacial score (nSPS) is 11.2. The minimum atomic E-state index is 0.169. The van der Waals surface area contributed by atoms with Crippen LogP contribution in [-0.2, 0) is 6.54 Å². The van der Waals surface area contributed by atoms with Gasteiger partial charge < -0.3 is 10.4 Å². The smallest absolute Gasteiger partial charge is 0.193 e. The second kappa shape index (κ2) is 3.87. The SMILES string of the molecule is OCCNCc1cn2ccsc2n1. The van der Waals surface area contributed by atoms with Gasteiger partial charge in [-0.15, -0.1) is 11.3 Å². The van der Waals surface area contributed by atoms with Gasteiger partial charge in [0.05, 0.1) is 12.3 Å². The molecule has 5 heteroatoms. The molecule has 0 aliphatic rings. The van der Waals surface area contributed by atoms with E-state index >= 15 is 0 Å². The van der Waals surface area contributed by atoms with Gasteiger partial charge in [-0.3, -0.25) is 4.40 Å². The minimum absolute atomic E-state index is 0.169. The van der Waals surface area contributed by atoms with E-state index in [9.17, 15) is 0 Å². The van der Waals surface area contributed by atoms with Crippen LogP contribution in [0.1, 0.15) is 5.69 Å². The number of aromatic nitrogens is 2. The summed E-state index contributed by atoms with van der Waals surface area (Å²) in [5.41, 5.74) is 1.01. The van der Waals surface area contributed by atoms with E-state index in [-0.39, 0.29) is 6.61 Å². The molecular formula is C8H11N3OS. The van der Waals surface area contributed by atoms with E-state index in [4.69, 9.17) is 5.11 Å². The maximum atomic E-state index is 8.56. The van der Waals surface area contributed by atoms with Crippen molar-refractivity contribution in [1.29, 1.82) is 0 Å². The summed E-state index contributed by atoms with van der Waals surface area (Å²) >= 11 is 1.62. The van der Waals surface area contributed by atoms with E-state index in [0.29, 0.717) is 6.54 Å². The maximum absolute atomic E-state index is 8.56. The lowest BCUT2D eigenvalue weighted by atomic mass is 10.4. The van der Waals surface area contributed by atoms with Gasteiger partial charge in [-0.25, -0.2) is 4.98 Å². The van der Waals surface area contributed by atoms with Crippen molar-refractivity contribution in [3.8, 4) is 0 Å². The molecule has 2 aromatic heterocycles. The maximum Gasteiger partial charge on any atom is 0.193 e. The zero-order valence-corrected chi connectivity index (χ0v) is 7.92. The van der Waals surface area contributed by atoms with Gasteiger partial charge in [0.1, 0.15) is 0 Å². The van der Waals surface area contributed by atoms with Crippen LogP contribution >= 0.6 is 11.3 Å². The quantitative estimate of drug-likeness (QED) is 0.701. The number of aliphatic hydroxyl groups excluding tert-OH is 1. The van der Waals surface area contributed by atoms with Gasteiger partial charge >= 0.3 is 0 Å². The molecule has 4 nitrogen and oxygen atoms in total. The van der Waals surface area contributed by atoms with Gasteiger partial charge in [0.2, 0.25) is 0 Å². The number of nitrogens with one attached hydrogen (secondary N) is 1. The number of rotatable bonds is 4. The van der Waals surface area contributed by atoms with Gasteiger partial charge in [0, 0.05) is 30.9 Å². The fourth-order valence-electron chi connectivity index (χ4n) is 1.16. The van der Waals surface area contributed by atoms with Crippen molar-refractivity contribution in [3.63, 3.8) is 0 Å². The number of fused-ring (bicyclic) bond motifs is 1. The van der Waals surface area contributed by atoms with Crippen LogP contribution < -0.4 is 5.32 Å². The molecule has 0 spiro atoms. The predicted octanol–water partition coefficient (Wildman–Crippen LogP) is 0.478. The summed E-state index contributed by atoms with van der Waals surface area (Å²) in [4.78, 5) is 5.40. The fraction of sp³-hybridized carbons (Fsp3) is 0.375. The zero-order chi connectivity index (χ0) is 9.10. The molecule has 0 aliphatic carbocycles. The zero-order valence-electron chi connectivity index (χ0n) is 7.10. The lowest BCUT2D eigenvalue weighted by Crippen LogP contribution is -2.17. The molecule has 0 atom stereocenters. The highest BCUT2D eigenvalue weighted by molar-refractivity contribution is 7.15. The number of hydrogen-bond donors (Lipinski definition) is 2. The molecule has 0 fully saturated rings. The Bertz CT molecular complexity index is 353. The first-order valence-corrected chi connectivity index (χ1v) is 5.01. The Morgan fingerprint density at radius 2 is 2.54 bits per heavy atom. The fourth-order valence-corrected chi connectivity index (χ4v) is 1.88. The highest BCUT2D eigenvalue weighted by Gasteiger charge is 2.00. The third kappa shape index (κ3) is 1.88. The Morgan fingerprint density at radius 1 is 1.62 bits per heavy atom. The van der Waals surface area contributed by atoms with Crippen LogP contribution in [0.25, 0.3) is 4.96 Å². The third-order valence-electron chi connectivity index (χ3n) is 1.74. The number of nitrogens with zero attached hydrogens (tertiary/aromatic N) is 2. The molecule has 0 saturated heterocycles. The van der Waals surface area contributed by atoms with Crippen LogP contribution in [-0.4, -0.2) is 27.6 Å². The van der Waals surface area contributed by atoms with Crippen LogP contribution in [0.4, 0.5) is 0 Å². The number of thiazole rings is 1. The standard InChI is InChI=1S/C8H11N3OS/c12-3-1-9-5-7-6-11-2-4-13-8(11)10-7/h2,4,6,9,12H,1,3,5H2. The Morgan fingerprint density at radius 3 is 3.31 bits per heavy atom. The van der Waals surface area contributed by atoms with Crippen LogP contribution in [0.2, 0.25) is 0 Å². The first kappa shape index (κ1) is 8.68. The van der Waals surface area contributed by atoms with Crippen molar-refractivity contribution < 1.29 is 5.11 Å². The summed E-state index contributed by atoms with van der Waals surface area (Å²) in [5, 5.41) is 13.6. The molecule has 0 radical (unpaired) electrons. The van der Waals surface area contributed by atoms with Gasteiger partial charge in [-0.2, -0.15) is 0 Å². The molecule has 70 valence electrons. The van der Waals surface area contributed by atoms with Gasteiger partial charge in [-0.1, -0.05) is 0 Å². The van der Waals surface area contributed by atoms with E-state index in [2.05, 4.69) is 10.3 Å². The molecule has 0 aromatic carbocycles. The monoisotopic (exact) mass is 197 g/mol. The second-order valence-electron chi connectivity index (χ2n) is 2.73. The molecule has 2 N–H and O–H groups in total. The van der Waals surface area contributed by atoms with Crippen molar-refractivity contribution in [1.82, 2.24) is 14.7 Å². The molecule has 2 rings (SSSR count). The van der Waals surface area contributed by atoms with E-state index in [1.54, 1.807) is 11.3 Å². The van der Waals surface area contributed by atoms with E-state index in [0.717, 1.165) is 17.2 Å². The lowest BCUT2D eigenvalue weighted by molar-refractivity contribution is 0.291. The van der Waals surface area contributed by atoms with Crippen LogP contribution in [0.15, 0.2) is 17.8 Å². The Kier molecular flexibility index (Phi) is 2.58. The summed E-state index contributed by atoms with van der Waals surface area (Å²) in [6.45, 7) is 1.50. The number of aliphatic hydroxyl groups is 1. The Hall–Kier alpha value is -0.910. The van der Waals surface area contributed by atoms with E-state index < -0.39 is 0 Å². The number of hydrogen-bond acceptors (Lipinski definition) is 4. The summed E-state index contributed by atoms with van der Waals surface area (Å²) in [7, 11) is 0. The van der Waals surface area contributed by atoms with Crippen molar-refractivity contribution >= 4 is 16.3 Å². The van der Waals surface area contributed by atoms with Gasteiger partial charge in [0.25, 0.3) is 0 Å². The van der Waals surface area contributed by atoms with E-state index in [1.165, 1.54) is 0 Å². The van der Waals surface area contributed by atoms with Crippen LogP contribution in [0, 0.1) is 0 Å². The Labute approximate surface area is 79.8 Å². The Balaban J connectivity index is 2.03. The largest absolute Gasteiger partial charge is 0.395 e. The molecule has 0 saturated carbocycles. The molecule has 0 aliphatic heterocycles. The molecule has 2 aromatic rings. The summed E-state index contributed by atoms with van der Waals surface area (Å²) in [5.74, 6) is 0. The molecule has 0 amide bonds. The first-order valence-electron chi connectivity index (χ1n) is 4.13. The van der Waals surface area contributed by atoms with Crippen molar-refractivity contribution in [2.45, 2.75) is 6.54 Å². The molecule has 0 unspecified atom stereocenters. The van der Waals surface area contributed by atoms with E-state index in [1.807, 2.05) is 22.2 Å². The highest BCUT2D eigenvalue weighted by atomic mass is 32.1. The van der Waals surface area contributed by atoms with Crippen LogP contribution in [0.5, 0.6) is 0 Å². The van der Waals surface area contributed by atoms with Gasteiger partial charge in [-0.05, 0) is 0 Å². The number of imidazole rings is 1. The topological polar surface area (TPSA) is 49.6 Å². The second-order valence-corrected chi connectivity index (χ2v) is 3.60. The minimum Gasteiger partial charge on any atom is -0.395 e. The lowest BCUT2D eigenvalue weighted by Gasteiger charge is -1.96. The van der Waals surface area contributed by atoms with Crippen molar-refractivity contribution in [2.24, 2.45) is 0 Å². The molecule has 2 heterocycles. The molecule has 13 heavy (non-hydrogen) atoms. The summed E-state index contributed by atoms with van der Waals surface area (Å²) in [6.07, 6.45) is 3.98. The third-order valence-corrected chi connectivity index (χ3v) is 2.51. The summed E-state index contributed by atoms with van der Waals surface area (Å²) < 4.78 is 2.00. The first-order chi connectivity index (χ1) is 6.40. The van der Waals surface area contributed by atoms with Crippen molar-refractivity contribution in [3.05, 3.63) is 23.5 Å². The van der Waals surface area contributed by atoms with Gasteiger partial charge in [0.15, 0.2) is 4.96 Å². The predicted molar refractivity (Wildman–Crippen MR) is 51.9 cm³/mol. The molecule has 0 bridgehead atoms. The molecular weight excluding hydrogens is 186 g/mol. The average molecular weight is 197 g/mol. The summed E-state index contributed by atoms with van der Waals surface area (Å²) in [6, 6.07) is 0. The van der Waals surface area contributed by atoms with Crippen LogP contribution in [0.3, 0.4) is 0 Å². The highest BCUT2D eigenvalue weighted by Crippen LogP contribution is 2.10.